The van der Waals surface area contributed by atoms with Crippen LogP contribution in [0.15, 0.2) is 11.4 Å². The van der Waals surface area contributed by atoms with Crippen LogP contribution in [0.25, 0.3) is 0 Å². The van der Waals surface area contributed by atoms with E-state index in [1.807, 2.05) is 0 Å². The van der Waals surface area contributed by atoms with Gasteiger partial charge in [-0.3, -0.25) is 14.9 Å². The zero-order valence-electron chi connectivity index (χ0n) is 10.6. The smallest absolute Gasteiger partial charge is 0.324 e. The first-order chi connectivity index (χ1) is 9.11. The van der Waals surface area contributed by atoms with Crippen LogP contribution in [0.1, 0.15) is 29.6 Å². The van der Waals surface area contributed by atoms with Gasteiger partial charge in [-0.05, 0) is 31.7 Å². The van der Waals surface area contributed by atoms with Crippen LogP contribution in [-0.2, 0) is 0 Å². The zero-order valence-corrected chi connectivity index (χ0v) is 11.4. The van der Waals surface area contributed by atoms with E-state index in [4.69, 9.17) is 5.73 Å². The lowest BCUT2D eigenvalue weighted by atomic mass is 9.93. The average Bonchev–Trinajstić information content (AvgIpc) is 2.89. The molecular weight excluding hydrogens is 266 g/mol. The maximum atomic E-state index is 12.2. The predicted octanol–water partition coefficient (Wildman–Crippen LogP) is 1.86. The molecule has 0 unspecified atom stereocenters. The standard InChI is InChI=1S/C12H17N3O3S/c13-4-1-9-2-5-14(6-3-9)12(16)10-7-11(15(17)18)19-8-10/h7-9H,1-6,13H2. The minimum absolute atomic E-state index is 0.0152. The lowest BCUT2D eigenvalue weighted by molar-refractivity contribution is -0.380. The molecule has 104 valence electrons. The number of nitrogens with two attached hydrogens (primary N) is 1. The van der Waals surface area contributed by atoms with Crippen molar-refractivity contribution in [1.82, 2.24) is 4.90 Å². The Morgan fingerprint density at radius 2 is 2.21 bits per heavy atom. The second-order valence-corrected chi connectivity index (χ2v) is 5.63. The summed E-state index contributed by atoms with van der Waals surface area (Å²) < 4.78 is 0. The van der Waals surface area contributed by atoms with Gasteiger partial charge in [0.05, 0.1) is 10.5 Å². The van der Waals surface area contributed by atoms with Gasteiger partial charge < -0.3 is 10.6 Å². The van der Waals surface area contributed by atoms with E-state index in [9.17, 15) is 14.9 Å². The Kier molecular flexibility index (Phi) is 4.49. The fraction of sp³-hybridized carbons (Fsp3) is 0.583. The second kappa shape index (κ2) is 6.12. The van der Waals surface area contributed by atoms with E-state index in [-0.39, 0.29) is 10.9 Å². The summed E-state index contributed by atoms with van der Waals surface area (Å²) in [6.45, 7) is 2.12. The van der Waals surface area contributed by atoms with Gasteiger partial charge in [0.25, 0.3) is 5.91 Å². The molecule has 1 aliphatic rings. The molecule has 0 atom stereocenters. The molecule has 1 aromatic rings. The normalized spacial score (nSPS) is 16.6. The number of piperidine rings is 1. The number of nitrogens with zero attached hydrogens (tertiary/aromatic N) is 2. The molecule has 2 heterocycles. The summed E-state index contributed by atoms with van der Waals surface area (Å²) in [6, 6.07) is 1.36. The molecule has 0 aliphatic carbocycles. The Morgan fingerprint density at radius 1 is 1.53 bits per heavy atom. The second-order valence-electron chi connectivity index (χ2n) is 4.74. The van der Waals surface area contributed by atoms with E-state index < -0.39 is 4.92 Å². The Bertz CT molecular complexity index is 467. The highest BCUT2D eigenvalue weighted by molar-refractivity contribution is 7.13. The van der Waals surface area contributed by atoms with Crippen LogP contribution < -0.4 is 5.73 Å². The molecule has 0 aromatic carbocycles. The minimum Gasteiger partial charge on any atom is -0.339 e. The summed E-state index contributed by atoms with van der Waals surface area (Å²) in [6.07, 6.45) is 2.94. The monoisotopic (exact) mass is 283 g/mol. The van der Waals surface area contributed by atoms with E-state index in [2.05, 4.69) is 0 Å². The molecular formula is C12H17N3O3S. The van der Waals surface area contributed by atoms with E-state index in [1.165, 1.54) is 6.07 Å². The van der Waals surface area contributed by atoms with Crippen molar-refractivity contribution in [3.63, 3.8) is 0 Å². The first kappa shape index (κ1) is 14.0. The van der Waals surface area contributed by atoms with Crippen molar-refractivity contribution in [2.45, 2.75) is 19.3 Å². The number of hydrogen-bond donors (Lipinski definition) is 1. The number of hydrogen-bond acceptors (Lipinski definition) is 5. The highest BCUT2D eigenvalue weighted by atomic mass is 32.1. The van der Waals surface area contributed by atoms with Crippen LogP contribution in [0.5, 0.6) is 0 Å². The number of carbonyl (C=O) groups is 1. The molecule has 0 radical (unpaired) electrons. The SMILES string of the molecule is NCCC1CCN(C(=O)c2csc([N+](=O)[O-])c2)CC1. The summed E-state index contributed by atoms with van der Waals surface area (Å²) in [5.41, 5.74) is 5.96. The Balaban J connectivity index is 1.95. The van der Waals surface area contributed by atoms with Crippen LogP contribution in [0.3, 0.4) is 0 Å². The molecule has 0 bridgehead atoms. The van der Waals surface area contributed by atoms with Gasteiger partial charge in [0.2, 0.25) is 0 Å². The fourth-order valence-electron chi connectivity index (χ4n) is 2.38. The van der Waals surface area contributed by atoms with Gasteiger partial charge in [0.1, 0.15) is 0 Å². The quantitative estimate of drug-likeness (QED) is 0.674. The summed E-state index contributed by atoms with van der Waals surface area (Å²) in [7, 11) is 0. The lowest BCUT2D eigenvalue weighted by Crippen LogP contribution is -2.38. The van der Waals surface area contributed by atoms with E-state index in [0.717, 1.165) is 30.6 Å². The van der Waals surface area contributed by atoms with E-state index in [0.29, 0.717) is 31.1 Å². The summed E-state index contributed by atoms with van der Waals surface area (Å²) in [4.78, 5) is 24.1. The third-order valence-electron chi connectivity index (χ3n) is 3.49. The molecule has 7 heteroatoms. The maximum Gasteiger partial charge on any atom is 0.324 e. The molecule has 0 spiro atoms. The molecule has 19 heavy (non-hydrogen) atoms. The molecule has 0 saturated carbocycles. The average molecular weight is 283 g/mol. The zero-order chi connectivity index (χ0) is 13.8. The molecule has 1 aliphatic heterocycles. The largest absolute Gasteiger partial charge is 0.339 e. The summed E-state index contributed by atoms with van der Waals surface area (Å²) in [5, 5.41) is 12.2. The van der Waals surface area contributed by atoms with E-state index in [1.54, 1.807) is 10.3 Å². The van der Waals surface area contributed by atoms with Gasteiger partial charge in [0, 0.05) is 24.5 Å². The van der Waals surface area contributed by atoms with Crippen molar-refractivity contribution in [2.75, 3.05) is 19.6 Å². The summed E-state index contributed by atoms with van der Waals surface area (Å²) >= 11 is 0.996. The Labute approximate surface area is 115 Å². The maximum absolute atomic E-state index is 12.2. The molecule has 2 rings (SSSR count). The van der Waals surface area contributed by atoms with Gasteiger partial charge in [-0.1, -0.05) is 11.3 Å². The topological polar surface area (TPSA) is 89.5 Å². The minimum atomic E-state index is -0.463. The summed E-state index contributed by atoms with van der Waals surface area (Å²) in [5.74, 6) is 0.501. The molecule has 2 N–H and O–H groups in total. The van der Waals surface area contributed by atoms with Crippen molar-refractivity contribution in [2.24, 2.45) is 11.7 Å². The first-order valence-corrected chi connectivity index (χ1v) is 7.22. The van der Waals surface area contributed by atoms with Crippen molar-refractivity contribution >= 4 is 22.2 Å². The van der Waals surface area contributed by atoms with Crippen LogP contribution in [0.2, 0.25) is 0 Å². The fourth-order valence-corrected chi connectivity index (χ4v) is 3.07. The third kappa shape index (κ3) is 3.30. The van der Waals surface area contributed by atoms with Crippen LogP contribution >= 0.6 is 11.3 Å². The van der Waals surface area contributed by atoms with E-state index >= 15 is 0 Å². The van der Waals surface area contributed by atoms with Crippen LogP contribution in [0.4, 0.5) is 5.00 Å². The first-order valence-electron chi connectivity index (χ1n) is 6.34. The number of carbonyl (C=O) groups excluding carboxylic acids is 1. The van der Waals surface area contributed by atoms with Crippen molar-refractivity contribution < 1.29 is 9.72 Å². The number of likely N-dealkylation sites (tertiary alicyclic amines) is 1. The third-order valence-corrected chi connectivity index (χ3v) is 4.37. The Morgan fingerprint density at radius 3 is 2.74 bits per heavy atom. The van der Waals surface area contributed by atoms with Gasteiger partial charge in [0.15, 0.2) is 0 Å². The number of nitro groups is 1. The predicted molar refractivity (Wildman–Crippen MR) is 73.3 cm³/mol. The number of amides is 1. The molecule has 1 aromatic heterocycles. The number of thiophene rings is 1. The van der Waals surface area contributed by atoms with Crippen molar-refractivity contribution in [3.8, 4) is 0 Å². The molecule has 1 amide bonds. The Hall–Kier alpha value is -1.47. The van der Waals surface area contributed by atoms with Gasteiger partial charge in [-0.15, -0.1) is 0 Å². The van der Waals surface area contributed by atoms with Gasteiger partial charge in [-0.2, -0.15) is 0 Å². The van der Waals surface area contributed by atoms with Gasteiger partial charge in [-0.25, -0.2) is 0 Å². The van der Waals surface area contributed by atoms with Crippen molar-refractivity contribution in [1.29, 1.82) is 0 Å². The molecule has 1 saturated heterocycles. The number of rotatable bonds is 4. The highest BCUT2D eigenvalue weighted by Gasteiger charge is 2.25. The van der Waals surface area contributed by atoms with Crippen LogP contribution in [0, 0.1) is 16.0 Å². The van der Waals surface area contributed by atoms with Crippen LogP contribution in [-0.4, -0.2) is 35.4 Å². The highest BCUT2D eigenvalue weighted by Crippen LogP contribution is 2.26. The lowest BCUT2D eigenvalue weighted by Gasteiger charge is -2.31. The molecule has 1 fully saturated rings. The van der Waals surface area contributed by atoms with Gasteiger partial charge >= 0.3 is 5.00 Å². The molecule has 6 nitrogen and oxygen atoms in total. The van der Waals surface area contributed by atoms with Crippen molar-refractivity contribution in [3.05, 3.63) is 27.1 Å².